The van der Waals surface area contributed by atoms with Crippen molar-refractivity contribution >= 4 is 34.0 Å². The minimum absolute atomic E-state index is 0.0439. The highest BCUT2D eigenvalue weighted by Crippen LogP contribution is 2.43. The van der Waals surface area contributed by atoms with Crippen molar-refractivity contribution in [2.75, 3.05) is 44.2 Å². The van der Waals surface area contributed by atoms with Gasteiger partial charge < -0.3 is 19.0 Å². The van der Waals surface area contributed by atoms with Gasteiger partial charge in [-0.1, -0.05) is 18.2 Å². The molecule has 1 spiro atoms. The van der Waals surface area contributed by atoms with E-state index in [9.17, 15) is 9.59 Å². The van der Waals surface area contributed by atoms with Gasteiger partial charge in [-0.3, -0.25) is 19.6 Å². The highest BCUT2D eigenvalue weighted by Gasteiger charge is 2.51. The van der Waals surface area contributed by atoms with Crippen molar-refractivity contribution in [1.82, 2.24) is 35.2 Å². The molecule has 0 saturated carbocycles. The van der Waals surface area contributed by atoms with Crippen molar-refractivity contribution in [3.05, 3.63) is 78.3 Å². The first kappa shape index (κ1) is 31.9. The molecule has 2 fully saturated rings. The zero-order valence-corrected chi connectivity index (χ0v) is 28.6. The quantitative estimate of drug-likeness (QED) is 0.226. The van der Waals surface area contributed by atoms with E-state index >= 15 is 0 Å². The number of fused-ring (bicyclic) bond motifs is 1. The molecule has 1 N–H and O–H groups in total. The molecule has 1 unspecified atom stereocenters. The van der Waals surface area contributed by atoms with Crippen molar-refractivity contribution in [2.24, 2.45) is 5.41 Å². The van der Waals surface area contributed by atoms with E-state index in [1.807, 2.05) is 66.1 Å². The number of benzene rings is 2. The number of nitrogens with one attached hydrogen (secondary N) is 1. The van der Waals surface area contributed by atoms with Gasteiger partial charge >= 0.3 is 0 Å². The molecule has 2 aromatic carbocycles. The first-order valence-electron chi connectivity index (χ1n) is 17.3. The number of aromatic amines is 1. The lowest BCUT2D eigenvalue weighted by atomic mass is 9.85. The normalized spacial score (nSPS) is 19.7. The largest absolute Gasteiger partial charge is 0.475 e. The zero-order valence-electron chi connectivity index (χ0n) is 28.6. The molecule has 256 valence electrons. The number of hydrogen-bond acceptors (Lipinski definition) is 9. The van der Waals surface area contributed by atoms with Gasteiger partial charge in [0.1, 0.15) is 5.69 Å². The Labute approximate surface area is 290 Å². The fourth-order valence-electron chi connectivity index (χ4n) is 7.45. The molecule has 3 aliphatic rings. The second kappa shape index (κ2) is 12.8. The molecule has 5 aromatic rings. The minimum atomic E-state index is -0.467. The van der Waals surface area contributed by atoms with Crippen LogP contribution in [-0.4, -0.2) is 92.4 Å². The Bertz CT molecular complexity index is 2080. The molecule has 0 bridgehead atoms. The zero-order chi connectivity index (χ0) is 34.4. The molecule has 8 rings (SSSR count). The van der Waals surface area contributed by atoms with Crippen LogP contribution in [0.3, 0.4) is 0 Å². The average molecular weight is 673 g/mol. The van der Waals surface area contributed by atoms with Crippen LogP contribution >= 0.6 is 0 Å². The Hall–Kier alpha value is -5.36. The number of aromatic nitrogens is 5. The van der Waals surface area contributed by atoms with Crippen LogP contribution in [0.25, 0.3) is 39.2 Å². The number of carbonyl (C=O) groups excluding carboxylic acids is 2. The number of anilines is 1. The maximum Gasteiger partial charge on any atom is 0.247 e. The Balaban J connectivity index is 0.889. The van der Waals surface area contributed by atoms with Crippen molar-refractivity contribution < 1.29 is 18.7 Å². The van der Waals surface area contributed by atoms with Crippen LogP contribution in [0.4, 0.5) is 5.69 Å². The highest BCUT2D eigenvalue weighted by atomic mass is 16.5. The summed E-state index contributed by atoms with van der Waals surface area (Å²) in [6, 6.07) is 17.9. The van der Waals surface area contributed by atoms with E-state index in [-0.39, 0.29) is 17.9 Å². The lowest BCUT2D eigenvalue weighted by molar-refractivity contribution is -0.132. The van der Waals surface area contributed by atoms with Gasteiger partial charge in [-0.25, -0.2) is 4.98 Å². The summed E-state index contributed by atoms with van der Waals surface area (Å²) in [5, 5.41) is 16.6. The van der Waals surface area contributed by atoms with Crippen LogP contribution in [0.1, 0.15) is 44.6 Å². The first-order chi connectivity index (χ1) is 24.2. The lowest BCUT2D eigenvalue weighted by Crippen LogP contribution is -2.43. The Kier molecular flexibility index (Phi) is 8.18. The number of nitrogens with zero attached hydrogens (tertiary/aromatic N) is 7. The maximum absolute atomic E-state index is 14.0. The van der Waals surface area contributed by atoms with E-state index in [1.54, 1.807) is 13.1 Å². The molecule has 3 aromatic heterocycles. The van der Waals surface area contributed by atoms with Gasteiger partial charge in [0, 0.05) is 67.6 Å². The molecule has 6 heterocycles. The second-order valence-corrected chi connectivity index (χ2v) is 13.8. The third kappa shape index (κ3) is 6.04. The van der Waals surface area contributed by atoms with E-state index in [4.69, 9.17) is 9.15 Å². The second-order valence-electron chi connectivity index (χ2n) is 13.8. The predicted octanol–water partition coefficient (Wildman–Crippen LogP) is 5.52. The molecule has 0 aliphatic carbocycles. The van der Waals surface area contributed by atoms with Crippen molar-refractivity contribution in [3.8, 4) is 28.6 Å². The van der Waals surface area contributed by atoms with Gasteiger partial charge in [-0.15, -0.1) is 10.2 Å². The number of rotatable bonds is 8. The SMILES string of the molecule is Cc1nnc(-c2ccc(C3=CCN(C(=O)CN4CCC5(CCN(c6ccc7[nH]nc(-c8ccc(OC(C)C)nc8)c7c6)C5=O)C4)CC3)cc2)o1. The van der Waals surface area contributed by atoms with Gasteiger partial charge in [-0.05, 0) is 87.2 Å². The molecule has 2 amide bonds. The minimum Gasteiger partial charge on any atom is -0.475 e. The third-order valence-corrected chi connectivity index (χ3v) is 10.1. The summed E-state index contributed by atoms with van der Waals surface area (Å²) >= 11 is 0. The number of ether oxygens (including phenoxy) is 1. The van der Waals surface area contributed by atoms with Gasteiger partial charge in [0.25, 0.3) is 0 Å². The molecule has 12 heteroatoms. The van der Waals surface area contributed by atoms with Crippen LogP contribution in [-0.2, 0) is 9.59 Å². The number of likely N-dealkylation sites (tertiary alicyclic amines) is 1. The molecule has 0 radical (unpaired) electrons. The fourth-order valence-corrected chi connectivity index (χ4v) is 7.45. The number of aryl methyl sites for hydroxylation is 1. The predicted molar refractivity (Wildman–Crippen MR) is 189 cm³/mol. The van der Waals surface area contributed by atoms with Crippen LogP contribution in [0.2, 0.25) is 0 Å². The first-order valence-corrected chi connectivity index (χ1v) is 17.3. The molecule has 50 heavy (non-hydrogen) atoms. The molecular weight excluding hydrogens is 632 g/mol. The van der Waals surface area contributed by atoms with Crippen molar-refractivity contribution in [2.45, 2.75) is 46.1 Å². The van der Waals surface area contributed by atoms with Crippen LogP contribution in [0.5, 0.6) is 5.88 Å². The van der Waals surface area contributed by atoms with E-state index in [0.29, 0.717) is 50.4 Å². The van der Waals surface area contributed by atoms with Gasteiger partial charge in [0.2, 0.25) is 29.5 Å². The molecule has 1 atom stereocenters. The van der Waals surface area contributed by atoms with E-state index in [0.717, 1.165) is 64.8 Å². The summed E-state index contributed by atoms with van der Waals surface area (Å²) < 4.78 is 11.2. The average Bonchev–Trinajstić information content (AvgIpc) is 3.92. The third-order valence-electron chi connectivity index (χ3n) is 10.1. The van der Waals surface area contributed by atoms with E-state index in [2.05, 4.69) is 48.5 Å². The number of carbonyl (C=O) groups is 2. The number of H-pyrrole nitrogens is 1. The molecular formula is C38H40N8O4. The van der Waals surface area contributed by atoms with Crippen LogP contribution in [0.15, 0.2) is 71.3 Å². The summed E-state index contributed by atoms with van der Waals surface area (Å²) in [6.45, 7) is 9.28. The molecule has 3 aliphatic heterocycles. The summed E-state index contributed by atoms with van der Waals surface area (Å²) in [7, 11) is 0. The smallest absolute Gasteiger partial charge is 0.247 e. The fraction of sp³-hybridized carbons (Fsp3) is 0.368. The summed E-state index contributed by atoms with van der Waals surface area (Å²) in [5.74, 6) is 1.87. The maximum atomic E-state index is 14.0. The number of amides is 2. The standard InChI is InChI=1S/C38H40N8O4/c1-24(2)49-33-11-8-29(21-39-33)35-31-20-30(9-10-32(31)41-42-35)46-19-15-38(37(46)48)14-18-44(23-38)22-34(47)45-16-12-27(13-17-45)26-4-6-28(7-5-26)36-43-40-25(3)50-36/h4-12,20-21,24H,13-19,22-23H2,1-3H3,(H,41,42). The Morgan fingerprint density at radius 2 is 1.80 bits per heavy atom. The van der Waals surface area contributed by atoms with Crippen LogP contribution < -0.4 is 9.64 Å². The Morgan fingerprint density at radius 1 is 1.00 bits per heavy atom. The van der Waals surface area contributed by atoms with Crippen molar-refractivity contribution in [1.29, 1.82) is 0 Å². The number of hydrogen-bond donors (Lipinski definition) is 1. The topological polar surface area (TPSA) is 134 Å². The summed E-state index contributed by atoms with van der Waals surface area (Å²) in [4.78, 5) is 37.9. The summed E-state index contributed by atoms with van der Waals surface area (Å²) in [5.41, 5.74) is 6.19. The van der Waals surface area contributed by atoms with E-state index < -0.39 is 5.41 Å². The van der Waals surface area contributed by atoms with Crippen molar-refractivity contribution in [3.63, 3.8) is 0 Å². The Morgan fingerprint density at radius 3 is 2.52 bits per heavy atom. The monoisotopic (exact) mass is 672 g/mol. The van der Waals surface area contributed by atoms with Crippen LogP contribution in [0, 0.1) is 12.3 Å². The van der Waals surface area contributed by atoms with E-state index in [1.165, 1.54) is 5.57 Å². The summed E-state index contributed by atoms with van der Waals surface area (Å²) in [6.07, 6.45) is 6.28. The highest BCUT2D eigenvalue weighted by molar-refractivity contribution is 6.03. The van der Waals surface area contributed by atoms with Gasteiger partial charge in [-0.2, -0.15) is 5.10 Å². The van der Waals surface area contributed by atoms with Gasteiger partial charge in [0.15, 0.2) is 0 Å². The lowest BCUT2D eigenvalue weighted by Gasteiger charge is -2.29. The molecule has 2 saturated heterocycles. The number of pyridine rings is 1. The van der Waals surface area contributed by atoms with Gasteiger partial charge in [0.05, 0.1) is 23.6 Å². The molecule has 12 nitrogen and oxygen atoms in total.